The second kappa shape index (κ2) is 4.79. The Morgan fingerprint density at radius 3 is 2.19 bits per heavy atom. The Kier molecular flexibility index (Phi) is 3.42. The van der Waals surface area contributed by atoms with Crippen LogP contribution < -0.4 is 0 Å². The van der Waals surface area contributed by atoms with Crippen molar-refractivity contribution in [2.45, 2.75) is 90.4 Å². The van der Waals surface area contributed by atoms with Crippen LogP contribution in [0.1, 0.15) is 95.9 Å². The molecule has 1 aromatic rings. The normalized spacial score (nSPS) is 25.6. The van der Waals surface area contributed by atoms with E-state index < -0.39 is 0 Å². The average molecular weight is 286 g/mol. The third-order valence-electron chi connectivity index (χ3n) is 5.20. The minimum Gasteiger partial charge on any atom is -0.237 e. The number of hydrogen-bond donors (Lipinski definition) is 0. The molecule has 21 heavy (non-hydrogen) atoms. The van der Waals surface area contributed by atoms with Crippen molar-refractivity contribution in [1.29, 1.82) is 0 Å². The van der Waals surface area contributed by atoms with E-state index in [-0.39, 0.29) is 10.8 Å². The van der Waals surface area contributed by atoms with Gasteiger partial charge in [-0.3, -0.25) is 0 Å². The van der Waals surface area contributed by atoms with E-state index in [9.17, 15) is 0 Å². The van der Waals surface area contributed by atoms with E-state index in [0.717, 1.165) is 11.7 Å². The van der Waals surface area contributed by atoms with Crippen LogP contribution >= 0.6 is 0 Å². The molecule has 2 unspecified atom stereocenters. The van der Waals surface area contributed by atoms with Crippen LogP contribution in [-0.4, -0.2) is 9.97 Å². The number of nitrogens with zero attached hydrogens (tertiary/aromatic N) is 2. The van der Waals surface area contributed by atoms with Gasteiger partial charge in [0.05, 0.1) is 11.4 Å². The van der Waals surface area contributed by atoms with Crippen molar-refractivity contribution in [1.82, 2.24) is 9.97 Å². The molecule has 0 amide bonds. The zero-order valence-corrected chi connectivity index (χ0v) is 14.6. The van der Waals surface area contributed by atoms with Gasteiger partial charge in [-0.2, -0.15) is 0 Å². The first-order valence-electron chi connectivity index (χ1n) is 8.59. The van der Waals surface area contributed by atoms with E-state index in [1.54, 1.807) is 0 Å². The largest absolute Gasteiger partial charge is 0.237 e. The monoisotopic (exact) mass is 286 g/mol. The number of aromatic nitrogens is 2. The summed E-state index contributed by atoms with van der Waals surface area (Å²) < 4.78 is 0. The van der Waals surface area contributed by atoms with Crippen LogP contribution in [0.4, 0.5) is 0 Å². The highest BCUT2D eigenvalue weighted by Crippen LogP contribution is 2.47. The van der Waals surface area contributed by atoms with Gasteiger partial charge in [0.1, 0.15) is 5.82 Å². The van der Waals surface area contributed by atoms with E-state index in [1.807, 2.05) is 0 Å². The fraction of sp³-hybridized carbons (Fsp3) is 0.789. The number of hydrogen-bond acceptors (Lipinski definition) is 2. The molecule has 3 rings (SSSR count). The predicted molar refractivity (Wildman–Crippen MR) is 87.8 cm³/mol. The van der Waals surface area contributed by atoms with Gasteiger partial charge in [-0.15, -0.1) is 0 Å². The summed E-state index contributed by atoms with van der Waals surface area (Å²) in [7, 11) is 0. The van der Waals surface area contributed by atoms with Crippen molar-refractivity contribution in [3.63, 3.8) is 0 Å². The predicted octanol–water partition coefficient (Wildman–Crippen LogP) is 4.90. The zero-order chi connectivity index (χ0) is 15.4. The first kappa shape index (κ1) is 15.0. The summed E-state index contributed by atoms with van der Waals surface area (Å²) in [5.74, 6) is 2.63. The molecule has 2 aliphatic rings. The summed E-state index contributed by atoms with van der Waals surface area (Å²) in [5.41, 5.74) is 4.34. The van der Waals surface area contributed by atoms with Crippen molar-refractivity contribution >= 4 is 0 Å². The molecule has 0 spiro atoms. The summed E-state index contributed by atoms with van der Waals surface area (Å²) in [6.45, 7) is 13.6. The summed E-state index contributed by atoms with van der Waals surface area (Å²) >= 11 is 0. The van der Waals surface area contributed by atoms with Crippen LogP contribution in [0.2, 0.25) is 0 Å². The summed E-state index contributed by atoms with van der Waals surface area (Å²) in [4.78, 5) is 10.1. The maximum Gasteiger partial charge on any atom is 0.134 e. The third kappa shape index (κ3) is 2.62. The molecule has 1 fully saturated rings. The van der Waals surface area contributed by atoms with E-state index in [0.29, 0.717) is 5.92 Å². The molecule has 2 nitrogen and oxygen atoms in total. The molecule has 0 saturated heterocycles. The molecule has 0 bridgehead atoms. The Balaban J connectivity index is 2.20. The molecule has 0 aromatic carbocycles. The number of fused-ring (bicyclic) bond motifs is 3. The summed E-state index contributed by atoms with van der Waals surface area (Å²) in [5, 5.41) is 0. The molecular weight excluding hydrogens is 256 g/mol. The molecule has 0 aliphatic heterocycles. The molecular formula is C19H30N2. The lowest BCUT2D eigenvalue weighted by Crippen LogP contribution is -2.29. The Hall–Kier alpha value is -0.920. The Morgan fingerprint density at radius 2 is 1.57 bits per heavy atom. The average Bonchev–Trinajstić information content (AvgIpc) is 2.83. The molecule has 116 valence electrons. The molecule has 1 aromatic heterocycles. The van der Waals surface area contributed by atoms with Crippen molar-refractivity contribution in [3.05, 3.63) is 22.8 Å². The van der Waals surface area contributed by atoms with Crippen LogP contribution in [0, 0.1) is 5.92 Å². The number of rotatable bonds is 0. The van der Waals surface area contributed by atoms with Gasteiger partial charge in [0.25, 0.3) is 0 Å². The Bertz CT molecular complexity index is 546. The highest BCUT2D eigenvalue weighted by atomic mass is 14.9. The second-order valence-electron chi connectivity index (χ2n) is 9.10. The smallest absolute Gasteiger partial charge is 0.134 e. The maximum absolute atomic E-state index is 5.09. The first-order valence-corrected chi connectivity index (χ1v) is 8.59. The van der Waals surface area contributed by atoms with Gasteiger partial charge in [0.15, 0.2) is 0 Å². The van der Waals surface area contributed by atoms with Gasteiger partial charge in [0.2, 0.25) is 0 Å². The van der Waals surface area contributed by atoms with E-state index in [4.69, 9.17) is 9.97 Å². The van der Waals surface area contributed by atoms with Gasteiger partial charge in [-0.1, -0.05) is 48.0 Å². The minimum absolute atomic E-state index is 0.0284. The maximum atomic E-state index is 5.09. The van der Waals surface area contributed by atoms with Gasteiger partial charge < -0.3 is 0 Å². The molecule has 2 aliphatic carbocycles. The highest BCUT2D eigenvalue weighted by molar-refractivity contribution is 5.37. The van der Waals surface area contributed by atoms with E-state index >= 15 is 0 Å². The van der Waals surface area contributed by atoms with Crippen LogP contribution in [0.15, 0.2) is 0 Å². The zero-order valence-electron chi connectivity index (χ0n) is 14.6. The second-order valence-corrected chi connectivity index (χ2v) is 9.10. The molecule has 1 heterocycles. The molecule has 2 atom stereocenters. The molecule has 0 N–H and O–H groups in total. The minimum atomic E-state index is 0.0284. The molecule has 0 radical (unpaired) electrons. The van der Waals surface area contributed by atoms with Gasteiger partial charge in [0, 0.05) is 16.7 Å². The fourth-order valence-corrected chi connectivity index (χ4v) is 4.08. The van der Waals surface area contributed by atoms with Crippen molar-refractivity contribution in [2.24, 2.45) is 5.92 Å². The Labute approximate surface area is 129 Å². The van der Waals surface area contributed by atoms with Crippen molar-refractivity contribution < 1.29 is 0 Å². The highest BCUT2D eigenvalue weighted by Gasteiger charge is 2.38. The first-order chi connectivity index (χ1) is 9.68. The van der Waals surface area contributed by atoms with E-state index in [2.05, 4.69) is 41.5 Å². The lowest BCUT2D eigenvalue weighted by Gasteiger charge is -2.34. The van der Waals surface area contributed by atoms with Crippen molar-refractivity contribution in [2.75, 3.05) is 0 Å². The topological polar surface area (TPSA) is 25.8 Å². The lowest BCUT2D eigenvalue weighted by atomic mass is 9.75. The third-order valence-corrected chi connectivity index (χ3v) is 5.20. The van der Waals surface area contributed by atoms with Gasteiger partial charge in [-0.25, -0.2) is 9.97 Å². The van der Waals surface area contributed by atoms with Gasteiger partial charge in [-0.05, 0) is 37.2 Å². The SMILES string of the molecule is CC(C)(C)c1nc2c(c(C(C)(C)C)n1)CCC1CCCC21. The fourth-order valence-electron chi connectivity index (χ4n) is 4.08. The van der Waals surface area contributed by atoms with Gasteiger partial charge >= 0.3 is 0 Å². The Morgan fingerprint density at radius 1 is 0.857 bits per heavy atom. The standard InChI is InChI=1S/C19H30N2/c1-18(2,3)16-14-11-10-12-8-7-9-13(12)15(14)20-17(21-16)19(4,5)6/h12-13H,7-11H2,1-6H3. The lowest BCUT2D eigenvalue weighted by molar-refractivity contribution is 0.396. The van der Waals surface area contributed by atoms with Crippen LogP contribution in [0.25, 0.3) is 0 Å². The summed E-state index contributed by atoms with van der Waals surface area (Å²) in [6, 6.07) is 0. The van der Waals surface area contributed by atoms with Crippen LogP contribution in [-0.2, 0) is 17.3 Å². The van der Waals surface area contributed by atoms with Crippen molar-refractivity contribution in [3.8, 4) is 0 Å². The quantitative estimate of drug-likeness (QED) is 0.678. The van der Waals surface area contributed by atoms with Crippen LogP contribution in [0.5, 0.6) is 0 Å². The molecule has 1 saturated carbocycles. The summed E-state index contributed by atoms with van der Waals surface area (Å²) in [6.07, 6.45) is 6.66. The van der Waals surface area contributed by atoms with E-state index in [1.165, 1.54) is 49.1 Å². The molecule has 2 heteroatoms. The van der Waals surface area contributed by atoms with Crippen LogP contribution in [0.3, 0.4) is 0 Å².